The molecule has 0 spiro atoms. The van der Waals surface area contributed by atoms with E-state index in [2.05, 4.69) is 10.3 Å². The second kappa shape index (κ2) is 3.16. The molecule has 0 saturated heterocycles. The predicted octanol–water partition coefficient (Wildman–Crippen LogP) is 0.0917. The van der Waals surface area contributed by atoms with Crippen molar-refractivity contribution in [2.45, 2.75) is 13.5 Å². The maximum Gasteiger partial charge on any atom is 0.301 e. The summed E-state index contributed by atoms with van der Waals surface area (Å²) in [6.45, 7) is 1.69. The minimum Gasteiger partial charge on any atom is -0.432 e. The van der Waals surface area contributed by atoms with Crippen LogP contribution in [0.4, 0.5) is 6.01 Å². The molecule has 1 aromatic heterocycles. The number of nitrogens with two attached hydrogens (primary N) is 1. The summed E-state index contributed by atoms with van der Waals surface area (Å²) in [6.07, 6.45) is 1.41. The smallest absolute Gasteiger partial charge is 0.301 e. The van der Waals surface area contributed by atoms with Crippen molar-refractivity contribution in [1.29, 1.82) is 0 Å². The first-order valence-electron chi connectivity index (χ1n) is 3.14. The third-order valence-corrected chi connectivity index (χ3v) is 1.04. The van der Waals surface area contributed by atoms with Gasteiger partial charge < -0.3 is 10.2 Å². The Morgan fingerprint density at radius 2 is 2.64 bits per heavy atom. The molecule has 5 nitrogen and oxygen atoms in total. The van der Waals surface area contributed by atoms with E-state index >= 15 is 0 Å². The molecule has 3 N–H and O–H groups in total. The zero-order chi connectivity index (χ0) is 8.27. The molecule has 1 heterocycles. The highest BCUT2D eigenvalue weighted by atomic mass is 16.4. The van der Waals surface area contributed by atoms with Crippen LogP contribution in [0, 0.1) is 0 Å². The zero-order valence-corrected chi connectivity index (χ0v) is 6.13. The first kappa shape index (κ1) is 7.74. The standard InChI is InChI=1S/C6H9N3O2/c1-4(10)8-6-9-5(2-7)3-11-6/h3H,2,7H2,1H3,(H,8,9,10). The van der Waals surface area contributed by atoms with Gasteiger partial charge in [0.15, 0.2) is 0 Å². The van der Waals surface area contributed by atoms with E-state index in [1.807, 2.05) is 0 Å². The van der Waals surface area contributed by atoms with Crippen LogP contribution < -0.4 is 11.1 Å². The molecule has 0 radical (unpaired) electrons. The molecular weight excluding hydrogens is 146 g/mol. The molecule has 0 aliphatic rings. The van der Waals surface area contributed by atoms with Crippen LogP contribution in [-0.4, -0.2) is 10.9 Å². The molecule has 0 unspecified atom stereocenters. The molecule has 0 bridgehead atoms. The number of amides is 1. The maximum absolute atomic E-state index is 10.5. The van der Waals surface area contributed by atoms with E-state index in [0.29, 0.717) is 12.2 Å². The highest BCUT2D eigenvalue weighted by molar-refractivity contribution is 5.86. The van der Waals surface area contributed by atoms with Crippen LogP contribution in [0.1, 0.15) is 12.6 Å². The minimum absolute atomic E-state index is 0.193. The summed E-state index contributed by atoms with van der Waals surface area (Å²) in [5.74, 6) is -0.213. The van der Waals surface area contributed by atoms with Gasteiger partial charge in [-0.1, -0.05) is 0 Å². The summed E-state index contributed by atoms with van der Waals surface area (Å²) >= 11 is 0. The van der Waals surface area contributed by atoms with Crippen molar-refractivity contribution >= 4 is 11.9 Å². The van der Waals surface area contributed by atoms with Crippen molar-refractivity contribution in [2.24, 2.45) is 5.73 Å². The Hall–Kier alpha value is -1.36. The van der Waals surface area contributed by atoms with Crippen LogP contribution in [0.2, 0.25) is 0 Å². The predicted molar refractivity (Wildman–Crippen MR) is 38.7 cm³/mol. The van der Waals surface area contributed by atoms with Crippen molar-refractivity contribution < 1.29 is 9.21 Å². The van der Waals surface area contributed by atoms with Gasteiger partial charge in [0.2, 0.25) is 5.91 Å². The molecule has 0 aliphatic carbocycles. The van der Waals surface area contributed by atoms with Gasteiger partial charge in [-0.15, -0.1) is 0 Å². The summed E-state index contributed by atoms with van der Waals surface area (Å²) in [6, 6.07) is 0.193. The van der Waals surface area contributed by atoms with E-state index in [9.17, 15) is 4.79 Å². The summed E-state index contributed by atoms with van der Waals surface area (Å²) in [5, 5.41) is 2.39. The van der Waals surface area contributed by atoms with Gasteiger partial charge in [0.05, 0.1) is 5.69 Å². The molecule has 1 aromatic rings. The van der Waals surface area contributed by atoms with Crippen LogP contribution >= 0.6 is 0 Å². The average molecular weight is 155 g/mol. The van der Waals surface area contributed by atoms with Gasteiger partial charge in [-0.25, -0.2) is 0 Å². The van der Waals surface area contributed by atoms with Crippen molar-refractivity contribution in [2.75, 3.05) is 5.32 Å². The highest BCUT2D eigenvalue weighted by Crippen LogP contribution is 2.05. The van der Waals surface area contributed by atoms with Gasteiger partial charge in [-0.05, 0) is 0 Å². The maximum atomic E-state index is 10.5. The van der Waals surface area contributed by atoms with Crippen molar-refractivity contribution in [3.05, 3.63) is 12.0 Å². The Morgan fingerprint density at radius 3 is 3.09 bits per heavy atom. The highest BCUT2D eigenvalue weighted by Gasteiger charge is 2.02. The van der Waals surface area contributed by atoms with Crippen LogP contribution in [0.25, 0.3) is 0 Å². The normalized spacial score (nSPS) is 9.64. The topological polar surface area (TPSA) is 81.2 Å². The number of hydrogen-bond donors (Lipinski definition) is 2. The van der Waals surface area contributed by atoms with E-state index < -0.39 is 0 Å². The van der Waals surface area contributed by atoms with Crippen LogP contribution in [0.15, 0.2) is 10.7 Å². The monoisotopic (exact) mass is 155 g/mol. The lowest BCUT2D eigenvalue weighted by Gasteiger charge is -1.90. The summed E-state index contributed by atoms with van der Waals surface area (Å²) in [4.78, 5) is 14.3. The quantitative estimate of drug-likeness (QED) is 0.634. The van der Waals surface area contributed by atoms with Gasteiger partial charge in [0.1, 0.15) is 6.26 Å². The Labute approximate surface area is 63.6 Å². The molecule has 0 aliphatic heterocycles. The van der Waals surface area contributed by atoms with Crippen molar-refractivity contribution in [3.8, 4) is 0 Å². The molecule has 0 atom stereocenters. The summed E-state index contributed by atoms with van der Waals surface area (Å²) in [7, 11) is 0. The van der Waals surface area contributed by atoms with E-state index in [4.69, 9.17) is 10.2 Å². The van der Waals surface area contributed by atoms with E-state index in [1.165, 1.54) is 13.2 Å². The fourth-order valence-corrected chi connectivity index (χ4v) is 0.609. The molecule has 1 amide bonds. The van der Waals surface area contributed by atoms with Gasteiger partial charge in [-0.3, -0.25) is 10.1 Å². The molecule has 0 saturated carbocycles. The molecule has 0 aromatic carbocycles. The summed E-state index contributed by atoms with van der Waals surface area (Å²) < 4.78 is 4.84. The first-order valence-corrected chi connectivity index (χ1v) is 3.14. The average Bonchev–Trinajstić information content (AvgIpc) is 2.34. The van der Waals surface area contributed by atoms with E-state index in [0.717, 1.165) is 0 Å². The molecular formula is C6H9N3O2. The molecule has 0 fully saturated rings. The van der Waals surface area contributed by atoms with Gasteiger partial charge in [-0.2, -0.15) is 4.98 Å². The Bertz CT molecular complexity index is 256. The zero-order valence-electron chi connectivity index (χ0n) is 6.13. The Kier molecular flexibility index (Phi) is 2.22. The SMILES string of the molecule is CC(=O)Nc1nc(CN)co1. The number of hydrogen-bond acceptors (Lipinski definition) is 4. The Morgan fingerprint density at radius 1 is 1.91 bits per heavy atom. The molecule has 11 heavy (non-hydrogen) atoms. The van der Waals surface area contributed by atoms with E-state index in [1.54, 1.807) is 0 Å². The number of nitrogens with zero attached hydrogens (tertiary/aromatic N) is 1. The number of nitrogens with one attached hydrogen (secondary N) is 1. The Balaban J connectivity index is 2.65. The minimum atomic E-state index is -0.213. The lowest BCUT2D eigenvalue weighted by molar-refractivity contribution is -0.114. The van der Waals surface area contributed by atoms with Crippen molar-refractivity contribution in [1.82, 2.24) is 4.98 Å². The number of anilines is 1. The van der Waals surface area contributed by atoms with Crippen LogP contribution in [0.3, 0.4) is 0 Å². The van der Waals surface area contributed by atoms with Crippen LogP contribution in [0.5, 0.6) is 0 Å². The third-order valence-electron chi connectivity index (χ3n) is 1.04. The third kappa shape index (κ3) is 2.05. The molecule has 60 valence electrons. The second-order valence-electron chi connectivity index (χ2n) is 2.03. The van der Waals surface area contributed by atoms with Crippen LogP contribution in [-0.2, 0) is 11.3 Å². The lowest BCUT2D eigenvalue weighted by atomic mass is 10.5. The number of oxazole rings is 1. The van der Waals surface area contributed by atoms with E-state index in [-0.39, 0.29) is 11.9 Å². The van der Waals surface area contributed by atoms with Gasteiger partial charge in [0, 0.05) is 13.5 Å². The number of aromatic nitrogens is 1. The largest absolute Gasteiger partial charge is 0.432 e. The molecule has 1 rings (SSSR count). The lowest BCUT2D eigenvalue weighted by Crippen LogP contribution is -2.06. The fourth-order valence-electron chi connectivity index (χ4n) is 0.609. The summed E-state index contributed by atoms with van der Waals surface area (Å²) in [5.41, 5.74) is 5.88. The number of rotatable bonds is 2. The van der Waals surface area contributed by atoms with Crippen molar-refractivity contribution in [3.63, 3.8) is 0 Å². The fraction of sp³-hybridized carbons (Fsp3) is 0.333. The van der Waals surface area contributed by atoms with Gasteiger partial charge in [0.25, 0.3) is 0 Å². The first-order chi connectivity index (χ1) is 5.22. The number of carbonyl (C=O) groups is 1. The number of carbonyl (C=O) groups excluding carboxylic acids is 1. The second-order valence-corrected chi connectivity index (χ2v) is 2.03. The molecule has 5 heteroatoms. The van der Waals surface area contributed by atoms with Gasteiger partial charge >= 0.3 is 6.01 Å².